The number of nitrogen functional groups attached to an aromatic ring is 1. The molecule has 1 aromatic carbocycles. The van der Waals surface area contributed by atoms with Gasteiger partial charge in [0.1, 0.15) is 0 Å². The molecule has 0 aliphatic heterocycles. The number of nitrogens with two attached hydrogens (primary N) is 1. The van der Waals surface area contributed by atoms with E-state index < -0.39 is 0 Å². The van der Waals surface area contributed by atoms with E-state index in [1.807, 2.05) is 35.7 Å². The number of ether oxygens (including phenoxy) is 1. The van der Waals surface area contributed by atoms with Gasteiger partial charge in [0.15, 0.2) is 0 Å². The molecule has 0 fully saturated rings. The maximum Gasteiger partial charge on any atom is 0.306 e. The van der Waals surface area contributed by atoms with Crippen molar-refractivity contribution >= 4 is 23.0 Å². The normalized spacial score (nSPS) is 10.3. The fourth-order valence-corrected chi connectivity index (χ4v) is 2.49. The first kappa shape index (κ1) is 13.6. The van der Waals surface area contributed by atoms with Crippen molar-refractivity contribution in [3.8, 4) is 0 Å². The molecule has 19 heavy (non-hydrogen) atoms. The number of anilines is 1. The maximum atomic E-state index is 11.6. The van der Waals surface area contributed by atoms with Crippen LogP contribution in [0.4, 0.5) is 5.69 Å². The minimum Gasteiger partial charge on any atom is -0.465 e. The summed E-state index contributed by atoms with van der Waals surface area (Å²) in [6.07, 6.45) is 1.85. The van der Waals surface area contributed by atoms with Crippen molar-refractivity contribution in [3.63, 3.8) is 0 Å². The Labute approximate surface area is 117 Å². The summed E-state index contributed by atoms with van der Waals surface area (Å²) in [5.41, 5.74) is 8.69. The van der Waals surface area contributed by atoms with Crippen molar-refractivity contribution in [1.82, 2.24) is 0 Å². The van der Waals surface area contributed by atoms with Gasteiger partial charge >= 0.3 is 5.97 Å². The molecule has 0 bridgehead atoms. The Hall–Kier alpha value is -1.81. The number of benzene rings is 1. The topological polar surface area (TPSA) is 52.3 Å². The molecule has 3 nitrogen and oxygen atoms in total. The van der Waals surface area contributed by atoms with Crippen molar-refractivity contribution < 1.29 is 9.53 Å². The van der Waals surface area contributed by atoms with Gasteiger partial charge in [-0.1, -0.05) is 12.1 Å². The van der Waals surface area contributed by atoms with Crippen molar-refractivity contribution in [1.29, 1.82) is 0 Å². The van der Waals surface area contributed by atoms with Gasteiger partial charge in [-0.15, -0.1) is 0 Å². The van der Waals surface area contributed by atoms with Crippen LogP contribution < -0.4 is 5.73 Å². The van der Waals surface area contributed by atoms with Crippen molar-refractivity contribution in [2.24, 2.45) is 0 Å². The zero-order valence-corrected chi connectivity index (χ0v) is 11.5. The zero-order valence-electron chi connectivity index (χ0n) is 10.7. The smallest absolute Gasteiger partial charge is 0.306 e. The molecule has 0 unspecified atom stereocenters. The lowest BCUT2D eigenvalue weighted by molar-refractivity contribution is -0.143. The first-order valence-corrected chi connectivity index (χ1v) is 7.19. The number of esters is 1. The Bertz CT molecular complexity index is 523. The van der Waals surface area contributed by atoms with Crippen molar-refractivity contribution in [2.75, 3.05) is 12.3 Å². The molecule has 1 heterocycles. The molecule has 0 radical (unpaired) electrons. The van der Waals surface area contributed by atoms with E-state index in [-0.39, 0.29) is 5.97 Å². The third-order valence-corrected chi connectivity index (χ3v) is 3.53. The number of thiophene rings is 1. The summed E-state index contributed by atoms with van der Waals surface area (Å²) in [5.74, 6) is -0.155. The van der Waals surface area contributed by atoms with Crippen LogP contribution in [0.5, 0.6) is 0 Å². The van der Waals surface area contributed by atoms with Crippen LogP contribution in [0, 0.1) is 0 Å². The van der Waals surface area contributed by atoms with E-state index in [1.54, 1.807) is 11.3 Å². The molecule has 0 aliphatic rings. The van der Waals surface area contributed by atoms with E-state index in [9.17, 15) is 4.79 Å². The van der Waals surface area contributed by atoms with Gasteiger partial charge in [-0.3, -0.25) is 4.79 Å². The number of hydrogen-bond acceptors (Lipinski definition) is 4. The first-order chi connectivity index (χ1) is 9.24. The third kappa shape index (κ3) is 4.75. The highest BCUT2D eigenvalue weighted by atomic mass is 32.1. The predicted octanol–water partition coefficient (Wildman–Crippen LogP) is 3.05. The first-order valence-electron chi connectivity index (χ1n) is 6.25. The van der Waals surface area contributed by atoms with E-state index in [2.05, 4.69) is 5.38 Å². The van der Waals surface area contributed by atoms with Crippen molar-refractivity contribution in [2.45, 2.75) is 19.3 Å². The van der Waals surface area contributed by atoms with E-state index >= 15 is 0 Å². The molecule has 0 amide bonds. The van der Waals surface area contributed by atoms with Crippen LogP contribution in [0.3, 0.4) is 0 Å². The summed E-state index contributed by atoms with van der Waals surface area (Å²) in [6.45, 7) is 0.451. The molecule has 0 atom stereocenters. The van der Waals surface area contributed by atoms with Gasteiger partial charge in [-0.2, -0.15) is 11.3 Å². The van der Waals surface area contributed by atoms with Crippen LogP contribution in [0.25, 0.3) is 0 Å². The highest BCUT2D eigenvalue weighted by molar-refractivity contribution is 7.07. The Morgan fingerprint density at radius 3 is 2.84 bits per heavy atom. The monoisotopic (exact) mass is 275 g/mol. The van der Waals surface area contributed by atoms with Gasteiger partial charge in [0, 0.05) is 18.5 Å². The Morgan fingerprint density at radius 2 is 2.11 bits per heavy atom. The molecule has 0 saturated heterocycles. The Balaban J connectivity index is 1.67. The highest BCUT2D eigenvalue weighted by Gasteiger charge is 2.04. The molecule has 2 aromatic rings. The summed E-state index contributed by atoms with van der Waals surface area (Å²) in [5, 5.41) is 4.09. The predicted molar refractivity (Wildman–Crippen MR) is 78.2 cm³/mol. The summed E-state index contributed by atoms with van der Waals surface area (Å²) in [6, 6.07) is 9.63. The van der Waals surface area contributed by atoms with Crippen molar-refractivity contribution in [3.05, 3.63) is 52.2 Å². The molecule has 4 heteroatoms. The fourth-order valence-electron chi connectivity index (χ4n) is 1.78. The summed E-state index contributed by atoms with van der Waals surface area (Å²) >= 11 is 1.65. The van der Waals surface area contributed by atoms with Crippen LogP contribution >= 0.6 is 11.3 Å². The lowest BCUT2D eigenvalue weighted by atomic mass is 10.1. The largest absolute Gasteiger partial charge is 0.465 e. The van der Waals surface area contributed by atoms with Gasteiger partial charge in [0.25, 0.3) is 0 Å². The molecular weight excluding hydrogens is 258 g/mol. The SMILES string of the molecule is Nc1cccc(CCC(=O)OCCc2ccsc2)c1. The minimum absolute atomic E-state index is 0.155. The van der Waals surface area contributed by atoms with Gasteiger partial charge in [-0.25, -0.2) is 0 Å². The van der Waals surface area contributed by atoms with Gasteiger partial charge < -0.3 is 10.5 Å². The molecule has 2 N–H and O–H groups in total. The Kier molecular flexibility index (Phi) is 4.98. The average molecular weight is 275 g/mol. The minimum atomic E-state index is -0.155. The average Bonchev–Trinajstić information content (AvgIpc) is 2.90. The van der Waals surface area contributed by atoms with E-state index in [1.165, 1.54) is 5.56 Å². The van der Waals surface area contributed by atoms with E-state index in [4.69, 9.17) is 10.5 Å². The van der Waals surface area contributed by atoms with Gasteiger partial charge in [0.2, 0.25) is 0 Å². The van der Waals surface area contributed by atoms with Gasteiger partial charge in [0.05, 0.1) is 6.61 Å². The molecular formula is C15H17NO2S. The second-order valence-corrected chi connectivity index (χ2v) is 5.13. The molecule has 0 aliphatic carbocycles. The second-order valence-electron chi connectivity index (χ2n) is 4.35. The molecule has 0 saturated carbocycles. The van der Waals surface area contributed by atoms with Crippen LogP contribution in [0.2, 0.25) is 0 Å². The maximum absolute atomic E-state index is 11.6. The van der Waals surface area contributed by atoms with Gasteiger partial charge in [-0.05, 0) is 46.5 Å². The third-order valence-electron chi connectivity index (χ3n) is 2.80. The van der Waals surface area contributed by atoms with E-state index in [0.717, 1.165) is 17.7 Å². The summed E-state index contributed by atoms with van der Waals surface area (Å²) in [7, 11) is 0. The summed E-state index contributed by atoms with van der Waals surface area (Å²) < 4.78 is 5.20. The number of carbonyl (C=O) groups excluding carboxylic acids is 1. The number of rotatable bonds is 6. The molecule has 100 valence electrons. The number of hydrogen-bond donors (Lipinski definition) is 1. The van der Waals surface area contributed by atoms with E-state index in [0.29, 0.717) is 19.4 Å². The molecule has 0 spiro atoms. The second kappa shape index (κ2) is 6.95. The number of aryl methyl sites for hydroxylation is 1. The van der Waals surface area contributed by atoms with Crippen LogP contribution in [-0.4, -0.2) is 12.6 Å². The standard InChI is InChI=1S/C15H17NO2S/c16-14-3-1-2-12(10-14)4-5-15(17)18-8-6-13-7-9-19-11-13/h1-3,7,9-11H,4-6,8,16H2. The number of carbonyl (C=O) groups is 1. The molecule has 2 rings (SSSR count). The molecule has 1 aromatic heterocycles. The summed E-state index contributed by atoms with van der Waals surface area (Å²) in [4.78, 5) is 11.6. The Morgan fingerprint density at radius 1 is 1.21 bits per heavy atom. The van der Waals surface area contributed by atoms with Crippen LogP contribution in [0.15, 0.2) is 41.1 Å². The van der Waals surface area contributed by atoms with Crippen LogP contribution in [0.1, 0.15) is 17.5 Å². The highest BCUT2D eigenvalue weighted by Crippen LogP contribution is 2.10. The zero-order chi connectivity index (χ0) is 13.5. The fraction of sp³-hybridized carbons (Fsp3) is 0.267. The lowest BCUT2D eigenvalue weighted by Crippen LogP contribution is -2.08. The lowest BCUT2D eigenvalue weighted by Gasteiger charge is -2.05. The van der Waals surface area contributed by atoms with Crippen LogP contribution in [-0.2, 0) is 22.4 Å². The quantitative estimate of drug-likeness (QED) is 0.651.